The van der Waals surface area contributed by atoms with E-state index in [4.69, 9.17) is 10.00 Å². The van der Waals surface area contributed by atoms with Crippen molar-refractivity contribution in [3.8, 4) is 17.3 Å². The third-order valence-electron chi connectivity index (χ3n) is 8.06. The van der Waals surface area contributed by atoms with Crippen LogP contribution in [0.2, 0.25) is 0 Å². The number of hydrogen-bond donors (Lipinski definition) is 1. The lowest BCUT2D eigenvalue weighted by molar-refractivity contribution is 0.0247. The van der Waals surface area contributed by atoms with Gasteiger partial charge in [0.05, 0.1) is 58.3 Å². The maximum atomic E-state index is 15.0. The molecule has 1 N–H and O–H groups in total. The lowest BCUT2D eigenvalue weighted by atomic mass is 9.93. The Morgan fingerprint density at radius 1 is 1.07 bits per heavy atom. The number of pyridine rings is 2. The molecule has 2 fully saturated rings. The minimum Gasteiger partial charge on any atom is -0.443 e. The Morgan fingerprint density at radius 2 is 1.76 bits per heavy atom. The number of anilines is 3. The number of benzene rings is 1. The number of aromatic nitrogens is 2. The van der Waals surface area contributed by atoms with Crippen molar-refractivity contribution >= 4 is 29.2 Å². The molecule has 9 nitrogen and oxygen atoms in total. The summed E-state index contributed by atoms with van der Waals surface area (Å²) in [5, 5.41) is 12.2. The van der Waals surface area contributed by atoms with Crippen LogP contribution in [-0.4, -0.2) is 45.6 Å². The van der Waals surface area contributed by atoms with Crippen molar-refractivity contribution in [2.75, 3.05) is 23.3 Å². The van der Waals surface area contributed by atoms with Gasteiger partial charge in [-0.3, -0.25) is 4.79 Å². The standard InChI is InChI=1S/C31H30F2N6O3/c1-30(2,3)42-29(41)39-17-24-27(28(39)40)23(14-22(36-24)26-20(32)12-18(15-34)13-21(26)33)37-25-5-4-19(16-35-25)38-10-8-31(6-7-31)9-11-38/h4-5,12-14,16H,6-11,17H2,1-3H3,(H,35,36,37). The highest BCUT2D eigenvalue weighted by Crippen LogP contribution is 2.53. The predicted octanol–water partition coefficient (Wildman–Crippen LogP) is 6.31. The molecular formula is C31H30F2N6O3. The Morgan fingerprint density at radius 3 is 2.33 bits per heavy atom. The lowest BCUT2D eigenvalue weighted by Gasteiger charge is -2.33. The maximum absolute atomic E-state index is 15.0. The summed E-state index contributed by atoms with van der Waals surface area (Å²) in [5.74, 6) is -2.20. The van der Waals surface area contributed by atoms with Crippen LogP contribution >= 0.6 is 0 Å². The maximum Gasteiger partial charge on any atom is 0.417 e. The summed E-state index contributed by atoms with van der Waals surface area (Å²) in [7, 11) is 0. The number of piperidine rings is 1. The fourth-order valence-electron chi connectivity index (χ4n) is 5.58. The number of rotatable bonds is 4. The first-order valence-electron chi connectivity index (χ1n) is 13.9. The topological polar surface area (TPSA) is 111 Å². The number of nitrogens with zero attached hydrogens (tertiary/aromatic N) is 5. The molecule has 1 saturated heterocycles. The molecule has 2 aromatic heterocycles. The Bertz CT molecular complexity index is 1610. The number of ether oxygens (including phenoxy) is 1. The zero-order valence-electron chi connectivity index (χ0n) is 23.6. The number of carbonyl (C=O) groups excluding carboxylic acids is 2. The van der Waals surface area contributed by atoms with E-state index in [-0.39, 0.29) is 34.7 Å². The molecule has 0 radical (unpaired) electrons. The van der Waals surface area contributed by atoms with Crippen molar-refractivity contribution in [1.82, 2.24) is 14.9 Å². The van der Waals surface area contributed by atoms with Gasteiger partial charge >= 0.3 is 6.09 Å². The highest BCUT2D eigenvalue weighted by molar-refractivity contribution is 6.10. The molecule has 6 rings (SSSR count). The van der Waals surface area contributed by atoms with E-state index in [1.54, 1.807) is 39.1 Å². The van der Waals surface area contributed by atoms with Gasteiger partial charge < -0.3 is 15.0 Å². The van der Waals surface area contributed by atoms with Crippen molar-refractivity contribution < 1.29 is 23.1 Å². The number of imide groups is 1. The molecule has 0 atom stereocenters. The van der Waals surface area contributed by atoms with Crippen molar-refractivity contribution in [3.05, 3.63) is 65.0 Å². The van der Waals surface area contributed by atoms with Crippen LogP contribution < -0.4 is 10.2 Å². The summed E-state index contributed by atoms with van der Waals surface area (Å²) in [5.41, 5.74) is 0.374. The summed E-state index contributed by atoms with van der Waals surface area (Å²) in [6.07, 6.45) is 5.89. The van der Waals surface area contributed by atoms with E-state index in [2.05, 4.69) is 20.2 Å². The van der Waals surface area contributed by atoms with Gasteiger partial charge in [-0.1, -0.05) is 0 Å². The van der Waals surface area contributed by atoms with Gasteiger partial charge in [0.25, 0.3) is 5.91 Å². The number of amides is 2. The Labute approximate surface area is 242 Å². The van der Waals surface area contributed by atoms with E-state index < -0.39 is 34.8 Å². The van der Waals surface area contributed by atoms with Crippen molar-refractivity contribution in [2.45, 2.75) is 58.6 Å². The minimum absolute atomic E-state index is 0.0794. The summed E-state index contributed by atoms with van der Waals surface area (Å²) < 4.78 is 35.4. The predicted molar refractivity (Wildman–Crippen MR) is 151 cm³/mol. The van der Waals surface area contributed by atoms with Crippen LogP contribution in [0.4, 0.5) is 30.8 Å². The summed E-state index contributed by atoms with van der Waals surface area (Å²) >= 11 is 0. The molecular weight excluding hydrogens is 542 g/mol. The second kappa shape index (κ2) is 10.0. The van der Waals surface area contributed by atoms with Gasteiger partial charge in [0.15, 0.2) is 0 Å². The Kier molecular flexibility index (Phi) is 6.60. The molecule has 3 aliphatic rings. The lowest BCUT2D eigenvalue weighted by Crippen LogP contribution is -2.37. The largest absolute Gasteiger partial charge is 0.443 e. The minimum atomic E-state index is -0.977. The quantitative estimate of drug-likeness (QED) is 0.387. The molecule has 1 aliphatic carbocycles. The monoisotopic (exact) mass is 572 g/mol. The van der Waals surface area contributed by atoms with Crippen molar-refractivity contribution in [3.63, 3.8) is 0 Å². The SMILES string of the molecule is CC(C)(C)OC(=O)N1Cc2nc(-c3c(F)cc(C#N)cc3F)cc(Nc3ccc(N4CCC5(CC4)CC5)cn3)c2C1=O. The van der Waals surface area contributed by atoms with Crippen LogP contribution in [0.1, 0.15) is 68.1 Å². The number of nitriles is 1. The smallest absolute Gasteiger partial charge is 0.417 e. The number of hydrogen-bond acceptors (Lipinski definition) is 8. The van der Waals surface area contributed by atoms with Crippen LogP contribution in [0.15, 0.2) is 36.5 Å². The van der Waals surface area contributed by atoms with Crippen molar-refractivity contribution in [2.24, 2.45) is 5.41 Å². The molecule has 2 aliphatic heterocycles. The van der Waals surface area contributed by atoms with E-state index in [1.807, 2.05) is 6.07 Å². The van der Waals surface area contributed by atoms with Crippen LogP contribution in [0.5, 0.6) is 0 Å². The number of carbonyl (C=O) groups is 2. The van der Waals surface area contributed by atoms with Crippen LogP contribution in [0.3, 0.4) is 0 Å². The molecule has 0 bridgehead atoms. The third kappa shape index (κ3) is 5.24. The Hall–Kier alpha value is -4.59. The summed E-state index contributed by atoms with van der Waals surface area (Å²) in [6.45, 7) is 6.76. The first kappa shape index (κ1) is 27.6. The van der Waals surface area contributed by atoms with Gasteiger partial charge in [-0.25, -0.2) is 28.4 Å². The van der Waals surface area contributed by atoms with Gasteiger partial charge in [0, 0.05) is 13.1 Å². The van der Waals surface area contributed by atoms with E-state index in [1.165, 1.54) is 31.7 Å². The second-order valence-corrected chi connectivity index (χ2v) is 12.2. The zero-order chi connectivity index (χ0) is 29.8. The molecule has 0 unspecified atom stereocenters. The first-order chi connectivity index (χ1) is 19.9. The van der Waals surface area contributed by atoms with Crippen molar-refractivity contribution in [1.29, 1.82) is 5.26 Å². The molecule has 1 saturated carbocycles. The highest BCUT2D eigenvalue weighted by atomic mass is 19.1. The van der Waals surface area contributed by atoms with Crippen LogP contribution in [-0.2, 0) is 11.3 Å². The van der Waals surface area contributed by atoms with Crippen LogP contribution in [0.25, 0.3) is 11.3 Å². The van der Waals surface area contributed by atoms with Gasteiger partial charge in [-0.2, -0.15) is 5.26 Å². The fraction of sp³-hybridized carbons (Fsp3) is 0.387. The molecule has 42 heavy (non-hydrogen) atoms. The first-order valence-corrected chi connectivity index (χ1v) is 13.9. The molecule has 2 amide bonds. The summed E-state index contributed by atoms with van der Waals surface area (Å²) in [4.78, 5) is 38.4. The van der Waals surface area contributed by atoms with E-state index in [9.17, 15) is 9.59 Å². The number of fused-ring (bicyclic) bond motifs is 1. The van der Waals surface area contributed by atoms with Gasteiger partial charge in [-0.15, -0.1) is 0 Å². The van der Waals surface area contributed by atoms with E-state index >= 15 is 8.78 Å². The van der Waals surface area contributed by atoms with E-state index in [0.717, 1.165) is 35.8 Å². The van der Waals surface area contributed by atoms with Gasteiger partial charge in [-0.05, 0) is 82.2 Å². The molecule has 3 aromatic rings. The average molecular weight is 573 g/mol. The van der Waals surface area contributed by atoms with E-state index in [0.29, 0.717) is 11.2 Å². The molecule has 1 spiro atoms. The molecule has 1 aromatic carbocycles. The Balaban J connectivity index is 1.34. The zero-order valence-corrected chi connectivity index (χ0v) is 23.6. The molecule has 216 valence electrons. The van der Waals surface area contributed by atoms with Gasteiger partial charge in [0.2, 0.25) is 0 Å². The van der Waals surface area contributed by atoms with Crippen LogP contribution in [0, 0.1) is 28.4 Å². The molecule has 11 heteroatoms. The second-order valence-electron chi connectivity index (χ2n) is 12.2. The fourth-order valence-corrected chi connectivity index (χ4v) is 5.58. The van der Waals surface area contributed by atoms with Gasteiger partial charge in [0.1, 0.15) is 23.1 Å². The third-order valence-corrected chi connectivity index (χ3v) is 8.06. The average Bonchev–Trinajstić information content (AvgIpc) is 3.60. The highest BCUT2D eigenvalue weighted by Gasteiger charge is 2.44. The molecule has 4 heterocycles. The number of halogens is 2. The number of nitrogens with one attached hydrogen (secondary N) is 1. The normalized spacial score (nSPS) is 17.2. The summed E-state index contributed by atoms with van der Waals surface area (Å²) in [6, 6.07) is 8.63.